The third-order valence-electron chi connectivity index (χ3n) is 3.44. The second kappa shape index (κ2) is 7.67. The fourth-order valence-corrected chi connectivity index (χ4v) is 2.10. The lowest BCUT2D eigenvalue weighted by atomic mass is 10.0. The maximum Gasteiger partial charge on any atom is 0.251 e. The molecule has 1 aromatic carbocycles. The van der Waals surface area contributed by atoms with Crippen LogP contribution in [-0.2, 0) is 4.79 Å². The van der Waals surface area contributed by atoms with E-state index in [2.05, 4.69) is 19.2 Å². The maximum atomic E-state index is 12.0. The van der Waals surface area contributed by atoms with Gasteiger partial charge in [-0.2, -0.15) is 0 Å². The first-order valence-corrected chi connectivity index (χ1v) is 7.20. The molecule has 1 rings (SSSR count). The lowest BCUT2D eigenvalue weighted by molar-refractivity contribution is -0.130. The molecule has 2 amide bonds. The highest BCUT2D eigenvalue weighted by Gasteiger charge is 2.17. The van der Waals surface area contributed by atoms with Crippen molar-refractivity contribution in [1.82, 2.24) is 10.2 Å². The summed E-state index contributed by atoms with van der Waals surface area (Å²) < 4.78 is 0. The first-order chi connectivity index (χ1) is 9.81. The van der Waals surface area contributed by atoms with E-state index in [9.17, 15) is 9.59 Å². The Balaban J connectivity index is 2.48. The zero-order valence-corrected chi connectivity index (χ0v) is 13.2. The van der Waals surface area contributed by atoms with Crippen molar-refractivity contribution in [3.8, 4) is 0 Å². The van der Waals surface area contributed by atoms with Crippen molar-refractivity contribution in [3.63, 3.8) is 0 Å². The van der Waals surface area contributed by atoms with Crippen LogP contribution in [0.2, 0.25) is 0 Å². The van der Waals surface area contributed by atoms with Gasteiger partial charge >= 0.3 is 0 Å². The van der Waals surface area contributed by atoms with Crippen molar-refractivity contribution < 1.29 is 9.59 Å². The lowest BCUT2D eigenvalue weighted by Crippen LogP contribution is -2.42. The average Bonchev–Trinajstić information content (AvgIpc) is 2.43. The Morgan fingerprint density at radius 1 is 1.19 bits per heavy atom. The minimum atomic E-state index is -0.270. The van der Waals surface area contributed by atoms with Crippen molar-refractivity contribution in [3.05, 3.63) is 29.8 Å². The summed E-state index contributed by atoms with van der Waals surface area (Å²) in [7, 11) is 1.77. The first-order valence-electron chi connectivity index (χ1n) is 7.20. The summed E-state index contributed by atoms with van der Waals surface area (Å²) in [6, 6.07) is 6.76. The number of anilines is 1. The smallest absolute Gasteiger partial charge is 0.251 e. The number of carbonyl (C=O) groups excluding carboxylic acids is 2. The summed E-state index contributed by atoms with van der Waals surface area (Å²) in [5.74, 6) is 0.167. The SMILES string of the molecule is CC(C)CC(C)N(C)C(=O)CNC(=O)c1ccc(N)cc1. The monoisotopic (exact) mass is 291 g/mol. The molecule has 1 aromatic rings. The number of amides is 2. The summed E-state index contributed by atoms with van der Waals surface area (Å²) in [4.78, 5) is 25.6. The Morgan fingerprint density at radius 3 is 2.29 bits per heavy atom. The number of benzene rings is 1. The van der Waals surface area contributed by atoms with Crippen LogP contribution >= 0.6 is 0 Å². The Kier molecular flexibility index (Phi) is 6.21. The number of nitrogens with two attached hydrogens (primary N) is 1. The molecule has 0 aliphatic heterocycles. The van der Waals surface area contributed by atoms with E-state index < -0.39 is 0 Å². The quantitative estimate of drug-likeness (QED) is 0.786. The van der Waals surface area contributed by atoms with Crippen LogP contribution in [0.3, 0.4) is 0 Å². The molecule has 3 N–H and O–H groups in total. The van der Waals surface area contributed by atoms with E-state index in [0.29, 0.717) is 17.2 Å². The van der Waals surface area contributed by atoms with E-state index in [1.807, 2.05) is 6.92 Å². The summed E-state index contributed by atoms with van der Waals surface area (Å²) >= 11 is 0. The Labute approximate surface area is 126 Å². The Morgan fingerprint density at radius 2 is 1.76 bits per heavy atom. The fourth-order valence-electron chi connectivity index (χ4n) is 2.10. The van der Waals surface area contributed by atoms with Crippen molar-refractivity contribution >= 4 is 17.5 Å². The number of carbonyl (C=O) groups is 2. The maximum absolute atomic E-state index is 12.0. The van der Waals surface area contributed by atoms with E-state index in [1.165, 1.54) is 0 Å². The van der Waals surface area contributed by atoms with Crippen LogP contribution in [-0.4, -0.2) is 36.3 Å². The van der Waals surface area contributed by atoms with Crippen LogP contribution in [0.5, 0.6) is 0 Å². The van der Waals surface area contributed by atoms with E-state index in [4.69, 9.17) is 5.73 Å². The Bertz CT molecular complexity index is 483. The molecule has 1 atom stereocenters. The highest BCUT2D eigenvalue weighted by Crippen LogP contribution is 2.09. The molecule has 0 heterocycles. The van der Waals surface area contributed by atoms with Crippen LogP contribution in [0.1, 0.15) is 37.6 Å². The van der Waals surface area contributed by atoms with Crippen LogP contribution in [0.4, 0.5) is 5.69 Å². The molecule has 0 saturated heterocycles. The number of nitrogens with one attached hydrogen (secondary N) is 1. The number of likely N-dealkylation sites (N-methyl/N-ethyl adjacent to an activating group) is 1. The summed E-state index contributed by atoms with van der Waals surface area (Å²) in [6.45, 7) is 6.26. The molecule has 0 spiro atoms. The highest BCUT2D eigenvalue weighted by molar-refractivity contribution is 5.96. The largest absolute Gasteiger partial charge is 0.399 e. The number of nitrogen functional groups attached to an aromatic ring is 1. The van der Waals surface area contributed by atoms with Crippen molar-refractivity contribution in [2.24, 2.45) is 5.92 Å². The molecule has 0 radical (unpaired) electrons. The second-order valence-electron chi connectivity index (χ2n) is 5.79. The summed E-state index contributed by atoms with van der Waals surface area (Å²) in [5, 5.41) is 2.64. The van der Waals surface area contributed by atoms with Crippen LogP contribution in [0.25, 0.3) is 0 Å². The van der Waals surface area contributed by atoms with Gasteiger partial charge in [0.1, 0.15) is 0 Å². The summed E-state index contributed by atoms with van der Waals surface area (Å²) in [5.41, 5.74) is 6.67. The van der Waals surface area contributed by atoms with E-state index >= 15 is 0 Å². The van der Waals surface area contributed by atoms with Gasteiger partial charge in [-0.1, -0.05) is 13.8 Å². The minimum Gasteiger partial charge on any atom is -0.399 e. The normalized spacial score (nSPS) is 12.0. The zero-order valence-electron chi connectivity index (χ0n) is 13.2. The number of hydrogen-bond acceptors (Lipinski definition) is 3. The topological polar surface area (TPSA) is 75.4 Å². The molecule has 0 saturated carbocycles. The van der Waals surface area contributed by atoms with Gasteiger partial charge in [0.15, 0.2) is 0 Å². The molecule has 0 aliphatic carbocycles. The van der Waals surface area contributed by atoms with Crippen LogP contribution in [0.15, 0.2) is 24.3 Å². The molecule has 0 aromatic heterocycles. The predicted octanol–water partition coefficient (Wildman–Crippen LogP) is 1.89. The molecule has 0 aliphatic rings. The molecular weight excluding hydrogens is 266 g/mol. The molecular formula is C16H25N3O2. The lowest BCUT2D eigenvalue weighted by Gasteiger charge is -2.26. The van der Waals surface area contributed by atoms with Crippen molar-refractivity contribution in [2.45, 2.75) is 33.2 Å². The average molecular weight is 291 g/mol. The molecule has 21 heavy (non-hydrogen) atoms. The minimum absolute atomic E-state index is 0.00213. The van der Waals surface area contributed by atoms with Gasteiger partial charge in [-0.05, 0) is 43.5 Å². The molecule has 5 heteroatoms. The third-order valence-corrected chi connectivity index (χ3v) is 3.44. The van der Waals surface area contributed by atoms with Gasteiger partial charge in [-0.3, -0.25) is 9.59 Å². The van der Waals surface area contributed by atoms with Gasteiger partial charge in [-0.15, -0.1) is 0 Å². The molecule has 0 fully saturated rings. The zero-order chi connectivity index (χ0) is 16.0. The fraction of sp³-hybridized carbons (Fsp3) is 0.500. The third kappa shape index (κ3) is 5.45. The second-order valence-corrected chi connectivity index (χ2v) is 5.79. The van der Waals surface area contributed by atoms with Gasteiger partial charge in [0.05, 0.1) is 6.54 Å². The molecule has 1 unspecified atom stereocenters. The van der Waals surface area contributed by atoms with Crippen molar-refractivity contribution in [1.29, 1.82) is 0 Å². The highest BCUT2D eigenvalue weighted by atomic mass is 16.2. The van der Waals surface area contributed by atoms with Crippen molar-refractivity contribution in [2.75, 3.05) is 19.3 Å². The van der Waals surface area contributed by atoms with Crippen LogP contribution < -0.4 is 11.1 Å². The van der Waals surface area contributed by atoms with E-state index in [0.717, 1.165) is 6.42 Å². The van der Waals surface area contributed by atoms with Gasteiger partial charge < -0.3 is 16.0 Å². The van der Waals surface area contributed by atoms with E-state index in [-0.39, 0.29) is 24.4 Å². The molecule has 0 bridgehead atoms. The molecule has 116 valence electrons. The van der Waals surface area contributed by atoms with Gasteiger partial charge in [-0.25, -0.2) is 0 Å². The summed E-state index contributed by atoms with van der Waals surface area (Å²) in [6.07, 6.45) is 0.939. The van der Waals surface area contributed by atoms with Gasteiger partial charge in [0, 0.05) is 24.3 Å². The first kappa shape index (κ1) is 17.0. The van der Waals surface area contributed by atoms with Crippen LogP contribution in [0, 0.1) is 5.92 Å². The number of nitrogens with zero attached hydrogens (tertiary/aromatic N) is 1. The molecule has 5 nitrogen and oxygen atoms in total. The van der Waals surface area contributed by atoms with Gasteiger partial charge in [0.2, 0.25) is 5.91 Å². The Hall–Kier alpha value is -2.04. The standard InChI is InChI=1S/C16H25N3O2/c1-11(2)9-12(3)19(4)15(20)10-18-16(21)13-5-7-14(17)8-6-13/h5-8,11-12H,9-10,17H2,1-4H3,(H,18,21). The number of rotatable bonds is 6. The van der Waals surface area contributed by atoms with E-state index in [1.54, 1.807) is 36.2 Å². The number of hydrogen-bond donors (Lipinski definition) is 2. The predicted molar refractivity (Wildman–Crippen MR) is 84.9 cm³/mol. The van der Waals surface area contributed by atoms with Gasteiger partial charge in [0.25, 0.3) is 5.91 Å².